The van der Waals surface area contributed by atoms with E-state index in [2.05, 4.69) is 10.4 Å². The summed E-state index contributed by atoms with van der Waals surface area (Å²) in [5.41, 5.74) is -0.00574. The van der Waals surface area contributed by atoms with Gasteiger partial charge >= 0.3 is 0 Å². The molecule has 118 valence electrons. The molecule has 1 rings (SSSR count). The molecule has 6 heteroatoms. The van der Waals surface area contributed by atoms with Crippen molar-refractivity contribution in [1.29, 1.82) is 0 Å². The predicted molar refractivity (Wildman–Crippen MR) is 81.2 cm³/mol. The van der Waals surface area contributed by atoms with E-state index < -0.39 is 0 Å². The molecule has 1 atom stereocenters. The van der Waals surface area contributed by atoms with Crippen LogP contribution in [-0.2, 0) is 6.54 Å². The van der Waals surface area contributed by atoms with Gasteiger partial charge in [0.05, 0.1) is 12.6 Å². The van der Waals surface area contributed by atoms with Gasteiger partial charge in [-0.2, -0.15) is 5.10 Å². The first-order chi connectivity index (χ1) is 9.97. The normalized spacial score (nSPS) is 12.4. The van der Waals surface area contributed by atoms with E-state index in [1.165, 1.54) is 16.8 Å². The molecule has 1 unspecified atom stereocenters. The van der Waals surface area contributed by atoms with Crippen LogP contribution in [0.2, 0.25) is 0 Å². The molecule has 1 aromatic rings. The maximum atomic E-state index is 12.1. The molecule has 0 bridgehead atoms. The van der Waals surface area contributed by atoms with E-state index in [9.17, 15) is 14.7 Å². The molecule has 2 N–H and O–H groups in total. The summed E-state index contributed by atoms with van der Waals surface area (Å²) in [6.45, 7) is 6.47. The smallest absolute Gasteiger partial charge is 0.272 e. The average molecular weight is 295 g/mol. The molecule has 1 amide bonds. The van der Waals surface area contributed by atoms with Crippen molar-refractivity contribution in [3.63, 3.8) is 0 Å². The van der Waals surface area contributed by atoms with Gasteiger partial charge in [-0.1, -0.05) is 27.2 Å². The molecule has 0 aliphatic heterocycles. The summed E-state index contributed by atoms with van der Waals surface area (Å²) < 4.78 is 1.31. The third-order valence-electron chi connectivity index (χ3n) is 3.13. The molecule has 1 heterocycles. The van der Waals surface area contributed by atoms with Gasteiger partial charge in [0.1, 0.15) is 5.69 Å². The number of amides is 1. The second-order valence-corrected chi connectivity index (χ2v) is 5.62. The highest BCUT2D eigenvalue weighted by atomic mass is 16.3. The number of nitrogens with zero attached hydrogens (tertiary/aromatic N) is 2. The van der Waals surface area contributed by atoms with Gasteiger partial charge in [-0.25, -0.2) is 4.68 Å². The van der Waals surface area contributed by atoms with Crippen molar-refractivity contribution in [1.82, 2.24) is 15.1 Å². The fraction of sp³-hybridized carbons (Fsp3) is 0.667. The summed E-state index contributed by atoms with van der Waals surface area (Å²) in [6, 6.07) is 2.48. The summed E-state index contributed by atoms with van der Waals surface area (Å²) in [5, 5.41) is 16.1. The molecule has 0 fully saturated rings. The van der Waals surface area contributed by atoms with Crippen LogP contribution in [0.15, 0.2) is 16.9 Å². The Morgan fingerprint density at radius 2 is 2.14 bits per heavy atom. The Labute approximate surface area is 125 Å². The zero-order chi connectivity index (χ0) is 15.8. The monoisotopic (exact) mass is 295 g/mol. The Bertz CT molecular complexity index is 511. The van der Waals surface area contributed by atoms with Crippen molar-refractivity contribution in [3.8, 4) is 0 Å². The Hall–Kier alpha value is -1.69. The third kappa shape index (κ3) is 5.67. The van der Waals surface area contributed by atoms with Gasteiger partial charge < -0.3 is 10.4 Å². The van der Waals surface area contributed by atoms with Crippen LogP contribution in [0.1, 0.15) is 50.5 Å². The Morgan fingerprint density at radius 3 is 2.71 bits per heavy atom. The van der Waals surface area contributed by atoms with E-state index in [0.717, 1.165) is 12.8 Å². The summed E-state index contributed by atoms with van der Waals surface area (Å²) in [5.74, 6) is 0.00821. The summed E-state index contributed by atoms with van der Waals surface area (Å²) in [6.07, 6.45) is 2.48. The predicted octanol–water partition coefficient (Wildman–Crippen LogP) is 1.18. The number of hydrogen-bond donors (Lipinski definition) is 2. The lowest BCUT2D eigenvalue weighted by molar-refractivity contribution is 0.0900. The summed E-state index contributed by atoms with van der Waals surface area (Å²) in [4.78, 5) is 23.8. The second-order valence-electron chi connectivity index (χ2n) is 5.62. The number of aliphatic hydroxyl groups is 1. The quantitative estimate of drug-likeness (QED) is 0.754. The lowest BCUT2D eigenvalue weighted by Crippen LogP contribution is -2.39. The van der Waals surface area contributed by atoms with Crippen LogP contribution >= 0.6 is 0 Å². The molecular formula is C15H25N3O3. The van der Waals surface area contributed by atoms with Crippen LogP contribution in [0.25, 0.3) is 0 Å². The van der Waals surface area contributed by atoms with Crippen LogP contribution in [0.5, 0.6) is 0 Å². The van der Waals surface area contributed by atoms with Crippen LogP contribution in [0.4, 0.5) is 0 Å². The fourth-order valence-electron chi connectivity index (χ4n) is 2.05. The van der Waals surface area contributed by atoms with E-state index in [1.54, 1.807) is 0 Å². The minimum absolute atomic E-state index is 0.112. The number of aromatic nitrogens is 2. The van der Waals surface area contributed by atoms with Gasteiger partial charge in [0.2, 0.25) is 0 Å². The highest BCUT2D eigenvalue weighted by Crippen LogP contribution is 2.05. The molecule has 0 saturated carbocycles. The van der Waals surface area contributed by atoms with E-state index in [4.69, 9.17) is 0 Å². The number of nitrogens with one attached hydrogen (secondary N) is 1. The van der Waals surface area contributed by atoms with Crippen molar-refractivity contribution in [2.75, 3.05) is 6.61 Å². The van der Waals surface area contributed by atoms with Crippen LogP contribution < -0.4 is 10.9 Å². The fourth-order valence-corrected chi connectivity index (χ4v) is 2.05. The van der Waals surface area contributed by atoms with Gasteiger partial charge in [-0.05, 0) is 24.8 Å². The van der Waals surface area contributed by atoms with E-state index >= 15 is 0 Å². The molecule has 6 nitrogen and oxygen atoms in total. The molecule has 1 aromatic heterocycles. The van der Waals surface area contributed by atoms with Gasteiger partial charge in [-0.3, -0.25) is 9.59 Å². The minimum atomic E-state index is -0.361. The minimum Gasteiger partial charge on any atom is -0.394 e. The van der Waals surface area contributed by atoms with Crippen molar-refractivity contribution < 1.29 is 9.90 Å². The maximum Gasteiger partial charge on any atom is 0.272 e. The zero-order valence-electron chi connectivity index (χ0n) is 13.0. The number of carbonyl (C=O) groups excluding carboxylic acids is 1. The topological polar surface area (TPSA) is 84.2 Å². The van der Waals surface area contributed by atoms with Crippen molar-refractivity contribution in [3.05, 3.63) is 28.2 Å². The van der Waals surface area contributed by atoms with Crippen molar-refractivity contribution in [2.24, 2.45) is 5.92 Å². The summed E-state index contributed by atoms with van der Waals surface area (Å²) >= 11 is 0. The number of carbonyl (C=O) groups is 1. The van der Waals surface area contributed by atoms with Gasteiger partial charge in [-0.15, -0.1) is 0 Å². The Morgan fingerprint density at radius 1 is 1.43 bits per heavy atom. The largest absolute Gasteiger partial charge is 0.394 e. The molecule has 21 heavy (non-hydrogen) atoms. The lowest BCUT2D eigenvalue weighted by atomic mass is 10.0. The molecule has 0 aromatic carbocycles. The number of unbranched alkanes of at least 4 members (excludes halogenated alkanes) is 1. The Balaban J connectivity index is 2.79. The van der Waals surface area contributed by atoms with Crippen LogP contribution in [0.3, 0.4) is 0 Å². The van der Waals surface area contributed by atoms with Crippen molar-refractivity contribution in [2.45, 2.75) is 52.6 Å². The first-order valence-electron chi connectivity index (χ1n) is 7.47. The molecule has 0 aliphatic rings. The lowest BCUT2D eigenvalue weighted by Gasteiger charge is -2.18. The Kier molecular flexibility index (Phi) is 7.08. The molecule has 0 aliphatic carbocycles. The first kappa shape index (κ1) is 17.4. The summed E-state index contributed by atoms with van der Waals surface area (Å²) in [7, 11) is 0. The van der Waals surface area contributed by atoms with Gasteiger partial charge in [0.15, 0.2) is 0 Å². The van der Waals surface area contributed by atoms with E-state index in [1.807, 2.05) is 20.8 Å². The number of rotatable bonds is 8. The van der Waals surface area contributed by atoms with Crippen LogP contribution in [0, 0.1) is 5.92 Å². The first-order valence-corrected chi connectivity index (χ1v) is 7.47. The highest BCUT2D eigenvalue weighted by Gasteiger charge is 2.16. The third-order valence-corrected chi connectivity index (χ3v) is 3.13. The van der Waals surface area contributed by atoms with Gasteiger partial charge in [0, 0.05) is 12.6 Å². The standard InChI is InChI=1S/C15H25N3O3/c1-4-5-8-18-14(20)7-6-13(17-18)15(21)16-12(10-19)9-11(2)3/h6-7,11-12,19H,4-5,8-10H2,1-3H3,(H,16,21). The second kappa shape index (κ2) is 8.56. The van der Waals surface area contributed by atoms with E-state index in [-0.39, 0.29) is 29.8 Å². The number of aliphatic hydroxyl groups excluding tert-OH is 1. The molecule has 0 spiro atoms. The average Bonchev–Trinajstić information content (AvgIpc) is 2.45. The maximum absolute atomic E-state index is 12.1. The molecule has 0 radical (unpaired) electrons. The van der Waals surface area contributed by atoms with Crippen molar-refractivity contribution >= 4 is 5.91 Å². The number of aryl methyl sites for hydroxylation is 1. The molecular weight excluding hydrogens is 270 g/mol. The zero-order valence-corrected chi connectivity index (χ0v) is 13.0. The van der Waals surface area contributed by atoms with Crippen LogP contribution in [-0.4, -0.2) is 33.4 Å². The number of hydrogen-bond acceptors (Lipinski definition) is 4. The molecule has 0 saturated heterocycles. The van der Waals surface area contributed by atoms with Gasteiger partial charge in [0.25, 0.3) is 11.5 Å². The highest BCUT2D eigenvalue weighted by molar-refractivity contribution is 5.92. The van der Waals surface area contributed by atoms with E-state index in [0.29, 0.717) is 18.9 Å². The SMILES string of the molecule is CCCCn1nc(C(=O)NC(CO)CC(C)C)ccc1=O.